The quantitative estimate of drug-likeness (QED) is 0.575. The van der Waals surface area contributed by atoms with Crippen LogP contribution in [0.25, 0.3) is 21.8 Å². The normalized spacial score (nSPS) is 11.3. The molecule has 3 nitrogen and oxygen atoms in total. The first-order valence-electron chi connectivity index (χ1n) is 8.66. The summed E-state index contributed by atoms with van der Waals surface area (Å²) in [5, 5.41) is 1.61. The number of carbonyl (C=O) groups excluding carboxylic acids is 1. The molecule has 0 unspecified atom stereocenters. The van der Waals surface area contributed by atoms with Gasteiger partial charge in [-0.3, -0.25) is 4.79 Å². The zero-order chi connectivity index (χ0) is 18.3. The number of fused-ring (bicyclic) bond motifs is 3. The summed E-state index contributed by atoms with van der Waals surface area (Å²) in [4.78, 5) is 11.9. The van der Waals surface area contributed by atoms with E-state index < -0.39 is 5.91 Å². The molecule has 2 N–H and O–H groups in total. The highest BCUT2D eigenvalue weighted by Crippen LogP contribution is 2.32. The highest BCUT2D eigenvalue weighted by molar-refractivity contribution is 6.17. The Labute approximate surface area is 150 Å². The number of benzene rings is 3. The summed E-state index contributed by atoms with van der Waals surface area (Å²) in [5.41, 5.74) is 10.1. The van der Waals surface area contributed by atoms with Crippen molar-refractivity contribution in [2.24, 2.45) is 5.73 Å². The topological polar surface area (TPSA) is 48.0 Å². The van der Waals surface area contributed by atoms with Gasteiger partial charge in [0.1, 0.15) is 5.82 Å². The van der Waals surface area contributed by atoms with Gasteiger partial charge in [0.15, 0.2) is 0 Å². The molecule has 26 heavy (non-hydrogen) atoms. The van der Waals surface area contributed by atoms with Gasteiger partial charge in [-0.05, 0) is 47.9 Å². The molecule has 0 fully saturated rings. The number of primary amides is 1. The van der Waals surface area contributed by atoms with E-state index in [2.05, 4.69) is 29.7 Å². The summed E-state index contributed by atoms with van der Waals surface area (Å²) in [6.07, 6.45) is 0.960. The van der Waals surface area contributed by atoms with Crippen molar-refractivity contribution >= 4 is 27.7 Å². The maximum absolute atomic E-state index is 14.0. The van der Waals surface area contributed by atoms with Crippen molar-refractivity contribution in [1.82, 2.24) is 4.57 Å². The van der Waals surface area contributed by atoms with Crippen LogP contribution in [0.3, 0.4) is 0 Å². The second kappa shape index (κ2) is 6.30. The number of carbonyl (C=O) groups is 1. The molecule has 0 bridgehead atoms. The van der Waals surface area contributed by atoms with E-state index in [0.717, 1.165) is 33.8 Å². The van der Waals surface area contributed by atoms with Crippen LogP contribution in [0.15, 0.2) is 60.7 Å². The Morgan fingerprint density at radius 3 is 2.54 bits per heavy atom. The molecule has 1 amide bonds. The molecule has 0 spiro atoms. The monoisotopic (exact) mass is 346 g/mol. The summed E-state index contributed by atoms with van der Waals surface area (Å²) in [6.45, 7) is 2.72. The van der Waals surface area contributed by atoms with Gasteiger partial charge in [-0.1, -0.05) is 37.3 Å². The third kappa shape index (κ3) is 2.64. The van der Waals surface area contributed by atoms with Crippen LogP contribution in [0.1, 0.15) is 28.4 Å². The average molecular weight is 346 g/mol. The number of hydrogen-bond acceptors (Lipinski definition) is 1. The van der Waals surface area contributed by atoms with E-state index >= 15 is 0 Å². The molecule has 1 aromatic heterocycles. The van der Waals surface area contributed by atoms with E-state index in [-0.39, 0.29) is 5.82 Å². The van der Waals surface area contributed by atoms with Gasteiger partial charge in [0, 0.05) is 22.9 Å². The number of amides is 1. The van der Waals surface area contributed by atoms with Crippen molar-refractivity contribution in [3.05, 3.63) is 83.2 Å². The lowest BCUT2D eigenvalue weighted by molar-refractivity contribution is 0.100. The van der Waals surface area contributed by atoms with Gasteiger partial charge < -0.3 is 10.3 Å². The first-order valence-corrected chi connectivity index (χ1v) is 8.66. The first-order chi connectivity index (χ1) is 12.6. The van der Waals surface area contributed by atoms with Gasteiger partial charge in [-0.2, -0.15) is 0 Å². The predicted molar refractivity (Wildman–Crippen MR) is 103 cm³/mol. The van der Waals surface area contributed by atoms with Gasteiger partial charge >= 0.3 is 0 Å². The van der Waals surface area contributed by atoms with E-state index in [4.69, 9.17) is 5.73 Å². The third-order valence-electron chi connectivity index (χ3n) is 4.86. The SMILES string of the molecule is CCc1cccc(Cn2c3cc(F)ccc3c3c(C(N)=O)cccc32)c1. The van der Waals surface area contributed by atoms with Crippen LogP contribution in [0.2, 0.25) is 0 Å². The number of rotatable bonds is 4. The standard InChI is InChI=1S/C22H19FN2O/c1-2-14-5-3-6-15(11-14)13-25-19-8-4-7-18(22(24)26)21(19)17-10-9-16(23)12-20(17)25/h3-12H,2,13H2,1H3,(H2,24,26). The number of nitrogens with two attached hydrogens (primary N) is 1. The van der Waals surface area contributed by atoms with Crippen molar-refractivity contribution in [1.29, 1.82) is 0 Å². The second-order valence-corrected chi connectivity index (χ2v) is 6.49. The summed E-state index contributed by atoms with van der Waals surface area (Å²) < 4.78 is 16.0. The van der Waals surface area contributed by atoms with Crippen LogP contribution < -0.4 is 5.73 Å². The lowest BCUT2D eigenvalue weighted by Gasteiger charge is -2.09. The van der Waals surface area contributed by atoms with Gasteiger partial charge in [-0.15, -0.1) is 0 Å². The predicted octanol–water partition coefficient (Wildman–Crippen LogP) is 4.64. The number of halogens is 1. The van der Waals surface area contributed by atoms with Crippen molar-refractivity contribution in [2.75, 3.05) is 0 Å². The summed E-state index contributed by atoms with van der Waals surface area (Å²) in [7, 11) is 0. The number of aromatic nitrogens is 1. The Hall–Kier alpha value is -3.14. The molecule has 0 aliphatic rings. The Morgan fingerprint density at radius 1 is 1.00 bits per heavy atom. The second-order valence-electron chi connectivity index (χ2n) is 6.49. The zero-order valence-corrected chi connectivity index (χ0v) is 14.5. The maximum Gasteiger partial charge on any atom is 0.249 e. The molecule has 0 radical (unpaired) electrons. The summed E-state index contributed by atoms with van der Waals surface area (Å²) in [5.74, 6) is -0.781. The van der Waals surface area contributed by atoms with Crippen molar-refractivity contribution in [2.45, 2.75) is 19.9 Å². The summed E-state index contributed by atoms with van der Waals surface area (Å²) >= 11 is 0. The van der Waals surface area contributed by atoms with E-state index in [1.807, 2.05) is 18.2 Å². The minimum absolute atomic E-state index is 0.301. The van der Waals surface area contributed by atoms with E-state index in [0.29, 0.717) is 12.1 Å². The zero-order valence-electron chi connectivity index (χ0n) is 14.5. The van der Waals surface area contributed by atoms with Crippen LogP contribution in [0, 0.1) is 5.82 Å². The maximum atomic E-state index is 14.0. The number of nitrogens with zero attached hydrogens (tertiary/aromatic N) is 1. The fraction of sp³-hybridized carbons (Fsp3) is 0.136. The van der Waals surface area contributed by atoms with Crippen LogP contribution in [-0.2, 0) is 13.0 Å². The van der Waals surface area contributed by atoms with Gasteiger partial charge in [0.05, 0.1) is 11.0 Å². The molecular weight excluding hydrogens is 327 g/mol. The molecule has 0 atom stereocenters. The molecule has 0 aliphatic carbocycles. The van der Waals surface area contributed by atoms with Crippen molar-refractivity contribution < 1.29 is 9.18 Å². The van der Waals surface area contributed by atoms with Crippen LogP contribution in [0.4, 0.5) is 4.39 Å². The molecule has 0 aliphatic heterocycles. The molecule has 3 aromatic carbocycles. The van der Waals surface area contributed by atoms with Crippen LogP contribution in [-0.4, -0.2) is 10.5 Å². The minimum Gasteiger partial charge on any atom is -0.366 e. The van der Waals surface area contributed by atoms with E-state index in [1.54, 1.807) is 12.1 Å². The number of aryl methyl sites for hydroxylation is 1. The van der Waals surface area contributed by atoms with Gasteiger partial charge in [0.2, 0.25) is 5.91 Å². The van der Waals surface area contributed by atoms with Crippen LogP contribution in [0.5, 0.6) is 0 Å². The Bertz CT molecular complexity index is 1140. The van der Waals surface area contributed by atoms with Gasteiger partial charge in [0.25, 0.3) is 0 Å². The minimum atomic E-state index is -0.480. The Morgan fingerprint density at radius 2 is 1.77 bits per heavy atom. The first kappa shape index (κ1) is 16.3. The fourth-order valence-corrected chi connectivity index (χ4v) is 3.62. The lowest BCUT2D eigenvalue weighted by Crippen LogP contribution is -2.11. The molecule has 1 heterocycles. The molecule has 4 rings (SSSR count). The molecule has 0 saturated heterocycles. The highest BCUT2D eigenvalue weighted by atomic mass is 19.1. The van der Waals surface area contributed by atoms with Crippen molar-refractivity contribution in [3.63, 3.8) is 0 Å². The molecule has 0 saturated carbocycles. The Kier molecular flexibility index (Phi) is 3.96. The third-order valence-corrected chi connectivity index (χ3v) is 4.86. The lowest BCUT2D eigenvalue weighted by atomic mass is 10.1. The van der Waals surface area contributed by atoms with E-state index in [9.17, 15) is 9.18 Å². The highest BCUT2D eigenvalue weighted by Gasteiger charge is 2.17. The largest absolute Gasteiger partial charge is 0.366 e. The van der Waals surface area contributed by atoms with Crippen LogP contribution >= 0.6 is 0 Å². The summed E-state index contributed by atoms with van der Waals surface area (Å²) in [6, 6.07) is 18.5. The van der Waals surface area contributed by atoms with E-state index in [1.165, 1.54) is 17.7 Å². The van der Waals surface area contributed by atoms with Crippen molar-refractivity contribution in [3.8, 4) is 0 Å². The number of hydrogen-bond donors (Lipinski definition) is 1. The average Bonchev–Trinajstić information content (AvgIpc) is 2.95. The Balaban J connectivity index is 2.01. The molecule has 130 valence electrons. The molecule has 4 heteroatoms. The molecular formula is C22H19FN2O. The molecule has 4 aromatic rings. The smallest absolute Gasteiger partial charge is 0.249 e. The fourth-order valence-electron chi connectivity index (χ4n) is 3.62. The van der Waals surface area contributed by atoms with Gasteiger partial charge in [-0.25, -0.2) is 4.39 Å².